The minimum Gasteiger partial charge on any atom is -0.375 e. The Morgan fingerprint density at radius 1 is 1.35 bits per heavy atom. The summed E-state index contributed by atoms with van der Waals surface area (Å²) in [4.78, 5) is 1.48. The summed E-state index contributed by atoms with van der Waals surface area (Å²) in [6.45, 7) is 5.58. The van der Waals surface area contributed by atoms with Gasteiger partial charge >= 0.3 is 0 Å². The molecule has 2 unspecified atom stereocenters. The van der Waals surface area contributed by atoms with Crippen molar-refractivity contribution < 1.29 is 4.74 Å². The van der Waals surface area contributed by atoms with Crippen molar-refractivity contribution in [1.82, 2.24) is 5.32 Å². The standard InChI is InChI=1S/C17H27NOS/c1-13(2)16(15-6-5-11-20-15)18-14-7-10-19-17(12-14)8-3-4-9-17/h5-6,11,13-14,16,18H,3-4,7-10,12H2,1-2H3. The van der Waals surface area contributed by atoms with Gasteiger partial charge in [-0.3, -0.25) is 0 Å². The van der Waals surface area contributed by atoms with Crippen molar-refractivity contribution in [3.05, 3.63) is 22.4 Å². The maximum atomic E-state index is 6.15. The van der Waals surface area contributed by atoms with Crippen molar-refractivity contribution in [1.29, 1.82) is 0 Å². The van der Waals surface area contributed by atoms with Crippen LogP contribution >= 0.6 is 11.3 Å². The van der Waals surface area contributed by atoms with Gasteiger partial charge in [-0.25, -0.2) is 0 Å². The smallest absolute Gasteiger partial charge is 0.0697 e. The summed E-state index contributed by atoms with van der Waals surface area (Å²) in [5, 5.41) is 6.13. The monoisotopic (exact) mass is 293 g/mol. The number of hydrogen-bond acceptors (Lipinski definition) is 3. The third-order valence-corrected chi connectivity index (χ3v) is 5.89. The Morgan fingerprint density at radius 3 is 2.80 bits per heavy atom. The molecule has 1 aromatic rings. The van der Waals surface area contributed by atoms with E-state index in [2.05, 4.69) is 36.7 Å². The van der Waals surface area contributed by atoms with E-state index in [-0.39, 0.29) is 5.60 Å². The van der Waals surface area contributed by atoms with E-state index in [1.54, 1.807) is 0 Å². The first-order valence-corrected chi connectivity index (χ1v) is 9.00. The second-order valence-corrected chi connectivity index (χ2v) is 7.81. The highest BCUT2D eigenvalue weighted by molar-refractivity contribution is 7.10. The van der Waals surface area contributed by atoms with E-state index in [9.17, 15) is 0 Å². The molecule has 2 heterocycles. The van der Waals surface area contributed by atoms with E-state index in [1.165, 1.54) is 37.0 Å². The maximum Gasteiger partial charge on any atom is 0.0697 e. The fraction of sp³-hybridized carbons (Fsp3) is 0.765. The third-order valence-electron chi connectivity index (χ3n) is 4.94. The summed E-state index contributed by atoms with van der Waals surface area (Å²) in [5.41, 5.74) is 0.215. The first-order chi connectivity index (χ1) is 9.69. The molecule has 1 spiro atoms. The summed E-state index contributed by atoms with van der Waals surface area (Å²) < 4.78 is 6.15. The maximum absolute atomic E-state index is 6.15. The highest BCUT2D eigenvalue weighted by Gasteiger charge is 2.40. The van der Waals surface area contributed by atoms with Crippen LogP contribution in [-0.4, -0.2) is 18.2 Å². The molecule has 2 nitrogen and oxygen atoms in total. The Balaban J connectivity index is 1.66. The van der Waals surface area contributed by atoms with Gasteiger partial charge < -0.3 is 10.1 Å². The number of ether oxygens (including phenoxy) is 1. The summed E-state index contributed by atoms with van der Waals surface area (Å²) in [5.74, 6) is 0.635. The lowest BCUT2D eigenvalue weighted by atomic mass is 9.88. The lowest BCUT2D eigenvalue weighted by Crippen LogP contribution is -2.47. The molecule has 2 aliphatic rings. The van der Waals surface area contributed by atoms with E-state index in [0.717, 1.165) is 13.0 Å². The molecule has 0 radical (unpaired) electrons. The molecule has 112 valence electrons. The molecule has 3 rings (SSSR count). The molecule has 0 amide bonds. The molecule has 0 aromatic carbocycles. The van der Waals surface area contributed by atoms with Gasteiger partial charge in [0.15, 0.2) is 0 Å². The lowest BCUT2D eigenvalue weighted by Gasteiger charge is -2.40. The third kappa shape index (κ3) is 3.10. The first-order valence-electron chi connectivity index (χ1n) is 8.12. The number of nitrogens with one attached hydrogen (secondary N) is 1. The Morgan fingerprint density at radius 2 is 2.15 bits per heavy atom. The SMILES string of the molecule is CC(C)C(NC1CCOC2(CCCC2)C1)c1cccs1. The predicted octanol–water partition coefficient (Wildman–Crippen LogP) is 4.53. The van der Waals surface area contributed by atoms with E-state index < -0.39 is 0 Å². The van der Waals surface area contributed by atoms with Crippen molar-refractivity contribution in [2.45, 2.75) is 70.1 Å². The van der Waals surface area contributed by atoms with Crippen molar-refractivity contribution >= 4 is 11.3 Å². The molecule has 2 atom stereocenters. The van der Waals surface area contributed by atoms with Crippen molar-refractivity contribution in [3.8, 4) is 0 Å². The van der Waals surface area contributed by atoms with Crippen LogP contribution < -0.4 is 5.32 Å². The fourth-order valence-electron chi connectivity index (χ4n) is 3.86. The van der Waals surface area contributed by atoms with Gasteiger partial charge in [-0.2, -0.15) is 0 Å². The van der Waals surface area contributed by atoms with Crippen LogP contribution in [0.25, 0.3) is 0 Å². The molecule has 3 heteroatoms. The molecule has 1 saturated carbocycles. The van der Waals surface area contributed by atoms with Gasteiger partial charge in [-0.15, -0.1) is 11.3 Å². The fourth-order valence-corrected chi connectivity index (χ4v) is 4.82. The average Bonchev–Trinajstić information content (AvgIpc) is 3.08. The zero-order chi connectivity index (χ0) is 14.0. The quantitative estimate of drug-likeness (QED) is 0.881. The van der Waals surface area contributed by atoms with Gasteiger partial charge in [0.25, 0.3) is 0 Å². The molecular formula is C17H27NOS. The Labute approximate surface area is 126 Å². The zero-order valence-electron chi connectivity index (χ0n) is 12.7. The van der Waals surface area contributed by atoms with Crippen LogP contribution in [0.3, 0.4) is 0 Å². The predicted molar refractivity (Wildman–Crippen MR) is 85.2 cm³/mol. The van der Waals surface area contributed by atoms with Crippen LogP contribution in [0.15, 0.2) is 17.5 Å². The molecule has 1 saturated heterocycles. The molecule has 0 bridgehead atoms. The largest absolute Gasteiger partial charge is 0.375 e. The van der Waals surface area contributed by atoms with Crippen LogP contribution in [-0.2, 0) is 4.74 Å². The second-order valence-electron chi connectivity index (χ2n) is 6.83. The molecule has 2 fully saturated rings. The van der Waals surface area contributed by atoms with Crippen LogP contribution in [0.2, 0.25) is 0 Å². The number of thiophene rings is 1. The lowest BCUT2D eigenvalue weighted by molar-refractivity contribution is -0.0853. The minimum absolute atomic E-state index is 0.215. The summed E-state index contributed by atoms with van der Waals surface area (Å²) in [7, 11) is 0. The highest BCUT2D eigenvalue weighted by atomic mass is 32.1. The van der Waals surface area contributed by atoms with Crippen molar-refractivity contribution in [2.75, 3.05) is 6.61 Å². The van der Waals surface area contributed by atoms with Gasteiger partial charge in [0, 0.05) is 23.6 Å². The molecule has 1 aromatic heterocycles. The van der Waals surface area contributed by atoms with E-state index >= 15 is 0 Å². The van der Waals surface area contributed by atoms with Gasteiger partial charge in [-0.05, 0) is 43.0 Å². The first kappa shape index (κ1) is 14.6. The van der Waals surface area contributed by atoms with Gasteiger partial charge in [-0.1, -0.05) is 32.8 Å². The summed E-state index contributed by atoms with van der Waals surface area (Å²) in [6.07, 6.45) is 7.63. The van der Waals surface area contributed by atoms with E-state index in [0.29, 0.717) is 18.0 Å². The Kier molecular flexibility index (Phi) is 4.49. The number of rotatable bonds is 4. The van der Waals surface area contributed by atoms with Gasteiger partial charge in [0.1, 0.15) is 0 Å². The topological polar surface area (TPSA) is 21.3 Å². The molecule has 1 N–H and O–H groups in total. The van der Waals surface area contributed by atoms with Gasteiger partial charge in [0.2, 0.25) is 0 Å². The minimum atomic E-state index is 0.215. The second kappa shape index (κ2) is 6.17. The van der Waals surface area contributed by atoms with Crippen molar-refractivity contribution in [3.63, 3.8) is 0 Å². The Bertz CT molecular complexity index is 409. The summed E-state index contributed by atoms with van der Waals surface area (Å²) in [6, 6.07) is 5.56. The summed E-state index contributed by atoms with van der Waals surface area (Å²) >= 11 is 1.88. The van der Waals surface area contributed by atoms with E-state index in [1.807, 2.05) is 11.3 Å². The van der Waals surface area contributed by atoms with Crippen LogP contribution in [0.5, 0.6) is 0 Å². The normalized spacial score (nSPS) is 27.2. The van der Waals surface area contributed by atoms with Gasteiger partial charge in [0.05, 0.1) is 5.60 Å². The highest BCUT2D eigenvalue weighted by Crippen LogP contribution is 2.40. The Hall–Kier alpha value is -0.380. The van der Waals surface area contributed by atoms with Crippen molar-refractivity contribution in [2.24, 2.45) is 5.92 Å². The molecule has 20 heavy (non-hydrogen) atoms. The molecular weight excluding hydrogens is 266 g/mol. The van der Waals surface area contributed by atoms with Crippen LogP contribution in [0.1, 0.15) is 63.3 Å². The molecule has 1 aliphatic heterocycles. The number of hydrogen-bond donors (Lipinski definition) is 1. The zero-order valence-corrected chi connectivity index (χ0v) is 13.5. The molecule has 1 aliphatic carbocycles. The van der Waals surface area contributed by atoms with Crippen LogP contribution in [0, 0.1) is 5.92 Å². The average molecular weight is 293 g/mol. The van der Waals surface area contributed by atoms with E-state index in [4.69, 9.17) is 4.74 Å². The van der Waals surface area contributed by atoms with Crippen LogP contribution in [0.4, 0.5) is 0 Å².